The fourth-order valence-corrected chi connectivity index (χ4v) is 2.91. The highest BCUT2D eigenvalue weighted by Crippen LogP contribution is 2.16. The number of benzene rings is 2. The van der Waals surface area contributed by atoms with Crippen molar-refractivity contribution in [1.29, 1.82) is 0 Å². The number of carbonyl (C=O) groups is 2. The lowest BCUT2D eigenvalue weighted by Crippen LogP contribution is -2.50. The van der Waals surface area contributed by atoms with Gasteiger partial charge >= 0.3 is 0 Å². The van der Waals surface area contributed by atoms with Gasteiger partial charge in [0.2, 0.25) is 5.91 Å². The van der Waals surface area contributed by atoms with E-state index in [0.29, 0.717) is 25.3 Å². The van der Waals surface area contributed by atoms with Crippen LogP contribution in [-0.4, -0.2) is 42.5 Å². The Bertz CT molecular complexity index is 761. The van der Waals surface area contributed by atoms with E-state index in [1.54, 1.807) is 11.8 Å². The Morgan fingerprint density at radius 2 is 1.75 bits per heavy atom. The number of para-hydroxylation sites is 1. The molecule has 150 valence electrons. The summed E-state index contributed by atoms with van der Waals surface area (Å²) in [6.45, 7) is 6.67. The molecule has 5 nitrogen and oxygen atoms in total. The molecule has 0 saturated carbocycles. The van der Waals surface area contributed by atoms with Gasteiger partial charge in [0.1, 0.15) is 11.8 Å². The molecule has 28 heavy (non-hydrogen) atoms. The van der Waals surface area contributed by atoms with E-state index in [0.717, 1.165) is 17.5 Å². The van der Waals surface area contributed by atoms with E-state index in [4.69, 9.17) is 4.74 Å². The Morgan fingerprint density at radius 1 is 1.07 bits per heavy atom. The van der Waals surface area contributed by atoms with Crippen LogP contribution in [-0.2, 0) is 16.0 Å². The summed E-state index contributed by atoms with van der Waals surface area (Å²) in [7, 11) is 0. The lowest BCUT2D eigenvalue weighted by Gasteiger charge is -2.28. The Kier molecular flexibility index (Phi) is 8.53. The van der Waals surface area contributed by atoms with Gasteiger partial charge in [-0.3, -0.25) is 9.59 Å². The maximum atomic E-state index is 12.9. The molecule has 0 aromatic heterocycles. The van der Waals surface area contributed by atoms with Crippen molar-refractivity contribution >= 4 is 11.8 Å². The zero-order valence-electron chi connectivity index (χ0n) is 17.0. The molecule has 0 saturated heterocycles. The summed E-state index contributed by atoms with van der Waals surface area (Å²) in [4.78, 5) is 26.9. The van der Waals surface area contributed by atoms with Crippen LogP contribution in [0.15, 0.2) is 54.6 Å². The van der Waals surface area contributed by atoms with Crippen molar-refractivity contribution in [3.63, 3.8) is 0 Å². The van der Waals surface area contributed by atoms with Crippen LogP contribution in [0.4, 0.5) is 0 Å². The standard InChI is InChI=1S/C23H30N2O3/c1-4-15-24-23(27)19(3)25(16-14-20-11-6-5-7-12-20)22(26)17-28-21-13-9-8-10-18(21)2/h5-13,19H,4,14-17H2,1-3H3,(H,24,27)/t19-/m0/s1. The molecule has 2 aromatic rings. The second-order valence-electron chi connectivity index (χ2n) is 6.84. The summed E-state index contributed by atoms with van der Waals surface area (Å²) in [5.41, 5.74) is 2.10. The smallest absolute Gasteiger partial charge is 0.261 e. The molecule has 0 fully saturated rings. The molecule has 0 aliphatic heterocycles. The van der Waals surface area contributed by atoms with Gasteiger partial charge in [0, 0.05) is 13.1 Å². The molecule has 1 atom stereocenters. The minimum absolute atomic E-state index is 0.0922. The van der Waals surface area contributed by atoms with Crippen LogP contribution in [0.5, 0.6) is 5.75 Å². The van der Waals surface area contributed by atoms with E-state index in [1.165, 1.54) is 0 Å². The van der Waals surface area contributed by atoms with Crippen molar-refractivity contribution < 1.29 is 14.3 Å². The molecule has 0 bridgehead atoms. The van der Waals surface area contributed by atoms with Gasteiger partial charge in [0.15, 0.2) is 6.61 Å². The average molecular weight is 383 g/mol. The quantitative estimate of drug-likeness (QED) is 0.685. The third-order valence-corrected chi connectivity index (χ3v) is 4.65. The molecule has 0 unspecified atom stereocenters. The van der Waals surface area contributed by atoms with Gasteiger partial charge in [0.25, 0.3) is 5.91 Å². The van der Waals surface area contributed by atoms with Crippen molar-refractivity contribution in [3.05, 3.63) is 65.7 Å². The Labute approximate surface area is 167 Å². The highest BCUT2D eigenvalue weighted by atomic mass is 16.5. The first-order valence-corrected chi connectivity index (χ1v) is 9.82. The minimum Gasteiger partial charge on any atom is -0.484 e. The monoisotopic (exact) mass is 382 g/mol. The van der Waals surface area contributed by atoms with Gasteiger partial charge in [-0.2, -0.15) is 0 Å². The van der Waals surface area contributed by atoms with Crippen LogP contribution in [0, 0.1) is 6.92 Å². The molecule has 0 radical (unpaired) electrons. The first kappa shape index (κ1) is 21.5. The number of hydrogen-bond acceptors (Lipinski definition) is 3. The highest BCUT2D eigenvalue weighted by molar-refractivity contribution is 5.88. The van der Waals surface area contributed by atoms with Gasteiger partial charge < -0.3 is 15.0 Å². The predicted molar refractivity (Wildman–Crippen MR) is 111 cm³/mol. The van der Waals surface area contributed by atoms with Crippen LogP contribution in [0.3, 0.4) is 0 Å². The van der Waals surface area contributed by atoms with Crippen molar-refractivity contribution in [2.75, 3.05) is 19.7 Å². The summed E-state index contributed by atoms with van der Waals surface area (Å²) >= 11 is 0. The number of carbonyl (C=O) groups excluding carboxylic acids is 2. The van der Waals surface area contributed by atoms with E-state index in [1.807, 2.05) is 68.4 Å². The first-order chi connectivity index (χ1) is 13.5. The fraction of sp³-hybridized carbons (Fsp3) is 0.391. The van der Waals surface area contributed by atoms with Crippen LogP contribution in [0.25, 0.3) is 0 Å². The van der Waals surface area contributed by atoms with Gasteiger partial charge in [-0.05, 0) is 43.9 Å². The maximum Gasteiger partial charge on any atom is 0.261 e. The average Bonchev–Trinajstić information content (AvgIpc) is 2.72. The third-order valence-electron chi connectivity index (χ3n) is 4.65. The first-order valence-electron chi connectivity index (χ1n) is 9.82. The topological polar surface area (TPSA) is 58.6 Å². The Morgan fingerprint density at radius 3 is 2.43 bits per heavy atom. The lowest BCUT2D eigenvalue weighted by atomic mass is 10.1. The van der Waals surface area contributed by atoms with E-state index >= 15 is 0 Å². The SMILES string of the molecule is CCCNC(=O)[C@H](C)N(CCc1ccccc1)C(=O)COc1ccccc1C. The number of ether oxygens (including phenoxy) is 1. The van der Waals surface area contributed by atoms with E-state index in [9.17, 15) is 9.59 Å². The summed E-state index contributed by atoms with van der Waals surface area (Å²) in [5.74, 6) is 0.347. The van der Waals surface area contributed by atoms with Gasteiger partial charge in [-0.15, -0.1) is 0 Å². The summed E-state index contributed by atoms with van der Waals surface area (Å²) in [6.07, 6.45) is 1.54. The molecule has 2 aromatic carbocycles. The van der Waals surface area contributed by atoms with Crippen molar-refractivity contribution in [1.82, 2.24) is 10.2 Å². The molecule has 0 aliphatic carbocycles. The maximum absolute atomic E-state index is 12.9. The second-order valence-corrected chi connectivity index (χ2v) is 6.84. The zero-order valence-corrected chi connectivity index (χ0v) is 17.0. The van der Waals surface area contributed by atoms with Crippen molar-refractivity contribution in [3.8, 4) is 5.75 Å². The molecule has 2 amide bonds. The molecule has 5 heteroatoms. The number of rotatable bonds is 10. The van der Waals surface area contributed by atoms with Gasteiger partial charge in [0.05, 0.1) is 0 Å². The molecular formula is C23H30N2O3. The largest absolute Gasteiger partial charge is 0.484 e. The highest BCUT2D eigenvalue weighted by Gasteiger charge is 2.25. The molecule has 2 rings (SSSR count). The van der Waals surface area contributed by atoms with Crippen LogP contribution < -0.4 is 10.1 Å². The molecule has 0 heterocycles. The Balaban J connectivity index is 2.05. The van der Waals surface area contributed by atoms with Crippen LogP contribution in [0.1, 0.15) is 31.4 Å². The second kappa shape index (κ2) is 11.1. The number of nitrogens with zero attached hydrogens (tertiary/aromatic N) is 1. The van der Waals surface area contributed by atoms with Crippen molar-refractivity contribution in [2.45, 2.75) is 39.7 Å². The van der Waals surface area contributed by atoms with Crippen LogP contribution >= 0.6 is 0 Å². The van der Waals surface area contributed by atoms with E-state index in [-0.39, 0.29) is 18.4 Å². The normalized spacial score (nSPS) is 11.5. The molecule has 1 N–H and O–H groups in total. The van der Waals surface area contributed by atoms with Gasteiger partial charge in [-0.1, -0.05) is 55.5 Å². The summed E-state index contributed by atoms with van der Waals surface area (Å²) in [6, 6.07) is 17.0. The third kappa shape index (κ3) is 6.41. The summed E-state index contributed by atoms with van der Waals surface area (Å²) in [5, 5.41) is 2.87. The molecule has 0 aliphatic rings. The molecular weight excluding hydrogens is 352 g/mol. The van der Waals surface area contributed by atoms with Crippen LogP contribution in [0.2, 0.25) is 0 Å². The Hall–Kier alpha value is -2.82. The lowest BCUT2D eigenvalue weighted by molar-refractivity contribution is -0.141. The fourth-order valence-electron chi connectivity index (χ4n) is 2.91. The van der Waals surface area contributed by atoms with E-state index in [2.05, 4.69) is 5.32 Å². The zero-order chi connectivity index (χ0) is 20.4. The predicted octanol–water partition coefficient (Wildman–Crippen LogP) is 3.36. The minimum atomic E-state index is -0.553. The molecule has 0 spiro atoms. The van der Waals surface area contributed by atoms with Gasteiger partial charge in [-0.25, -0.2) is 0 Å². The van der Waals surface area contributed by atoms with E-state index < -0.39 is 6.04 Å². The summed E-state index contributed by atoms with van der Waals surface area (Å²) < 4.78 is 5.72. The number of aryl methyl sites for hydroxylation is 1. The number of amides is 2. The van der Waals surface area contributed by atoms with Crippen molar-refractivity contribution in [2.24, 2.45) is 0 Å². The number of nitrogens with one attached hydrogen (secondary N) is 1. The number of hydrogen-bond donors (Lipinski definition) is 1.